The molecule has 0 aromatic carbocycles. The maximum absolute atomic E-state index is 10.1. The molecule has 1 aromatic heterocycles. The van der Waals surface area contributed by atoms with Crippen molar-refractivity contribution in [1.29, 1.82) is 0 Å². The molecule has 4 heteroatoms. The van der Waals surface area contributed by atoms with E-state index in [1.807, 2.05) is 0 Å². The molecule has 0 spiro atoms. The lowest BCUT2D eigenvalue weighted by molar-refractivity contribution is -0.384. The summed E-state index contributed by atoms with van der Waals surface area (Å²) in [4.78, 5) is 9.54. The van der Waals surface area contributed by atoms with Crippen LogP contribution in [0.1, 0.15) is 1.37 Å². The zero-order valence-electron chi connectivity index (χ0n) is 5.87. The number of nitro groups is 1. The van der Waals surface area contributed by atoms with E-state index in [1.165, 1.54) is 17.0 Å². The van der Waals surface area contributed by atoms with E-state index < -0.39 is 4.92 Å². The number of aryl methyl sites for hydroxylation is 1. The summed E-state index contributed by atoms with van der Waals surface area (Å²) in [5, 5.41) is 10.1. The van der Waals surface area contributed by atoms with Crippen molar-refractivity contribution in [3.8, 4) is 0 Å². The van der Waals surface area contributed by atoms with Crippen LogP contribution >= 0.6 is 0 Å². The Hall–Kier alpha value is -1.32. The minimum absolute atomic E-state index is 0.0486. The van der Waals surface area contributed by atoms with E-state index in [0.29, 0.717) is 0 Å². The predicted molar refractivity (Wildman–Crippen MR) is 32.1 cm³/mol. The number of rotatable bonds is 1. The summed E-state index contributed by atoms with van der Waals surface area (Å²) < 4.78 is 8.55. The first-order valence-electron chi connectivity index (χ1n) is 2.88. The van der Waals surface area contributed by atoms with Crippen LogP contribution in [0.2, 0.25) is 0 Å². The van der Waals surface area contributed by atoms with Crippen molar-refractivity contribution in [2.45, 2.75) is 0 Å². The summed E-state index contributed by atoms with van der Waals surface area (Å²) in [7, 11) is 1.64. The van der Waals surface area contributed by atoms with Crippen molar-refractivity contribution in [2.24, 2.45) is 7.05 Å². The highest BCUT2D eigenvalue weighted by atomic mass is 16.6. The highest BCUT2D eigenvalue weighted by Gasteiger charge is 2.03. The van der Waals surface area contributed by atoms with Gasteiger partial charge in [-0.2, -0.15) is 0 Å². The van der Waals surface area contributed by atoms with Crippen LogP contribution in [0.25, 0.3) is 0 Å². The third-order valence-corrected chi connectivity index (χ3v) is 0.939. The molecule has 0 aliphatic heterocycles. The molecule has 1 heterocycles. The molecule has 4 nitrogen and oxygen atoms in total. The molecule has 0 saturated heterocycles. The second-order valence-electron chi connectivity index (χ2n) is 1.71. The molecule has 0 amide bonds. The molecule has 0 radical (unpaired) electrons. The van der Waals surface area contributed by atoms with Gasteiger partial charge in [0.25, 0.3) is 5.69 Å². The van der Waals surface area contributed by atoms with E-state index in [1.54, 1.807) is 7.05 Å². The topological polar surface area (TPSA) is 48.1 Å². The van der Waals surface area contributed by atoms with Gasteiger partial charge in [-0.05, 0) is 0 Å². The Kier molecular flexibility index (Phi) is 0.955. The Bertz CT molecular complexity index is 269. The molecule has 1 rings (SSSR count). The van der Waals surface area contributed by atoms with Crippen LogP contribution in [-0.4, -0.2) is 9.49 Å². The summed E-state index contributed by atoms with van der Waals surface area (Å²) >= 11 is 0. The van der Waals surface area contributed by atoms with Crippen LogP contribution in [0.15, 0.2) is 18.4 Å². The molecular formula is C5H6N2O2. The van der Waals surface area contributed by atoms with Gasteiger partial charge in [0.1, 0.15) is 0 Å². The van der Waals surface area contributed by atoms with E-state index in [0.717, 1.165) is 0 Å². The molecular weight excluding hydrogens is 120 g/mol. The van der Waals surface area contributed by atoms with E-state index in [9.17, 15) is 10.1 Å². The summed E-state index contributed by atoms with van der Waals surface area (Å²) in [5.41, 5.74) is -0.150. The Morgan fingerprint density at radius 2 is 2.67 bits per heavy atom. The summed E-state index contributed by atoms with van der Waals surface area (Å²) in [5.74, 6) is 0. The van der Waals surface area contributed by atoms with Gasteiger partial charge in [0.15, 0.2) is 0 Å². The third kappa shape index (κ3) is 1.07. The second-order valence-corrected chi connectivity index (χ2v) is 1.71. The fraction of sp³-hybridized carbons (Fsp3) is 0.200. The highest BCUT2D eigenvalue weighted by molar-refractivity contribution is 5.25. The lowest BCUT2D eigenvalue weighted by atomic mass is 10.6. The predicted octanol–water partition coefficient (Wildman–Crippen LogP) is 0.933. The van der Waals surface area contributed by atoms with Crippen LogP contribution in [-0.2, 0) is 7.05 Å². The van der Waals surface area contributed by atoms with Gasteiger partial charge in [0.05, 0.1) is 12.5 Å². The molecule has 0 fully saturated rings. The van der Waals surface area contributed by atoms with Gasteiger partial charge in [-0.3, -0.25) is 10.1 Å². The van der Waals surface area contributed by atoms with Gasteiger partial charge in [0.2, 0.25) is 0 Å². The number of hydrogen-bond donors (Lipinski definition) is 0. The zero-order valence-corrected chi connectivity index (χ0v) is 4.87. The fourth-order valence-corrected chi connectivity index (χ4v) is 0.535. The first kappa shape index (κ1) is 4.55. The lowest BCUT2D eigenvalue weighted by Crippen LogP contribution is -1.84. The average Bonchev–Trinajstić information content (AvgIpc) is 2.10. The number of nitrogens with zero attached hydrogens (tertiary/aromatic N) is 2. The maximum atomic E-state index is 10.1. The van der Waals surface area contributed by atoms with E-state index in [2.05, 4.69) is 0 Å². The zero-order chi connectivity index (χ0) is 7.72. The van der Waals surface area contributed by atoms with Crippen molar-refractivity contribution < 1.29 is 6.29 Å². The van der Waals surface area contributed by atoms with Crippen LogP contribution in [0.3, 0.4) is 0 Å². The average molecular weight is 127 g/mol. The quantitative estimate of drug-likeness (QED) is 0.416. The van der Waals surface area contributed by atoms with E-state index in [-0.39, 0.29) is 11.7 Å². The van der Waals surface area contributed by atoms with Crippen LogP contribution < -0.4 is 0 Å². The molecule has 1 aromatic rings. The summed E-state index contributed by atoms with van der Waals surface area (Å²) in [6.07, 6.45) is 2.69. The smallest absolute Gasteiger partial charge is 0.286 e. The Morgan fingerprint density at radius 1 is 2.00 bits per heavy atom. The molecule has 9 heavy (non-hydrogen) atoms. The molecule has 0 N–H and O–H groups in total. The Labute approximate surface area is 53.3 Å². The second kappa shape index (κ2) is 1.89. The first-order valence-corrected chi connectivity index (χ1v) is 2.38. The number of aromatic nitrogens is 1. The first-order chi connectivity index (χ1) is 4.61. The van der Waals surface area contributed by atoms with Crippen LogP contribution in [0.5, 0.6) is 0 Å². The largest absolute Gasteiger partial charge is 0.351 e. The van der Waals surface area contributed by atoms with Crippen LogP contribution in [0, 0.1) is 10.1 Å². The molecule has 0 aliphatic rings. The van der Waals surface area contributed by atoms with Crippen molar-refractivity contribution in [2.75, 3.05) is 0 Å². The highest BCUT2D eigenvalue weighted by Crippen LogP contribution is 2.08. The SMILES string of the molecule is [2H]c1cn(C)cc1[N+](=O)[O-]. The van der Waals surface area contributed by atoms with Gasteiger partial charge >= 0.3 is 0 Å². The minimum atomic E-state index is -0.567. The molecule has 0 atom stereocenters. The normalized spacial score (nSPS) is 11.0. The van der Waals surface area contributed by atoms with Crippen molar-refractivity contribution >= 4 is 5.69 Å². The van der Waals surface area contributed by atoms with E-state index in [4.69, 9.17) is 1.37 Å². The maximum Gasteiger partial charge on any atom is 0.286 e. The standard InChI is InChI=1S/C5H6N2O2/c1-6-3-2-5(4-6)7(8)9/h2-4H,1H3/i2D. The van der Waals surface area contributed by atoms with Gasteiger partial charge in [0, 0.05) is 19.3 Å². The minimum Gasteiger partial charge on any atom is -0.351 e. The Balaban J connectivity index is 3.15. The molecule has 0 saturated carbocycles. The Morgan fingerprint density at radius 3 is 2.89 bits per heavy atom. The molecule has 48 valence electrons. The summed E-state index contributed by atoms with van der Waals surface area (Å²) in [6.45, 7) is 0. The van der Waals surface area contributed by atoms with Crippen molar-refractivity contribution in [1.82, 2.24) is 4.57 Å². The third-order valence-electron chi connectivity index (χ3n) is 0.939. The number of hydrogen-bond acceptors (Lipinski definition) is 2. The van der Waals surface area contributed by atoms with Gasteiger partial charge < -0.3 is 4.57 Å². The van der Waals surface area contributed by atoms with Crippen molar-refractivity contribution in [3.05, 3.63) is 28.6 Å². The van der Waals surface area contributed by atoms with Gasteiger partial charge in [-0.1, -0.05) is 0 Å². The molecule has 0 unspecified atom stereocenters. The monoisotopic (exact) mass is 127 g/mol. The lowest BCUT2D eigenvalue weighted by Gasteiger charge is -1.81. The van der Waals surface area contributed by atoms with Gasteiger partial charge in [-0.15, -0.1) is 0 Å². The van der Waals surface area contributed by atoms with E-state index >= 15 is 0 Å². The molecule has 0 bridgehead atoms. The molecule has 0 aliphatic carbocycles. The van der Waals surface area contributed by atoms with Crippen molar-refractivity contribution in [3.63, 3.8) is 0 Å². The van der Waals surface area contributed by atoms with Crippen LogP contribution in [0.4, 0.5) is 5.69 Å². The fourth-order valence-electron chi connectivity index (χ4n) is 0.535. The van der Waals surface area contributed by atoms with Gasteiger partial charge in [-0.25, -0.2) is 0 Å². The summed E-state index contributed by atoms with van der Waals surface area (Å²) in [6, 6.07) is -0.0486.